The lowest BCUT2D eigenvalue weighted by atomic mass is 9.79. The Hall–Kier alpha value is -5.63. The molecule has 5 aromatic carbocycles. The number of hydrogen-bond donors (Lipinski definition) is 1. The largest absolute Gasteiger partial charge is 0.507 e. The lowest BCUT2D eigenvalue weighted by Gasteiger charge is -2.31. The summed E-state index contributed by atoms with van der Waals surface area (Å²) in [5, 5.41) is 13.8. The van der Waals surface area contributed by atoms with E-state index in [4.69, 9.17) is 39.4 Å². The summed E-state index contributed by atoms with van der Waals surface area (Å²) in [5.41, 5.74) is 3.18. The number of fused-ring (bicyclic) bond motifs is 6. The number of hydrogen-bond acceptors (Lipinski definition) is 8. The van der Waals surface area contributed by atoms with Crippen LogP contribution in [0.1, 0.15) is 56.8 Å². The molecule has 4 radical (unpaired) electrons. The maximum Gasteiger partial charge on any atom is 0.342 e. The second-order valence-corrected chi connectivity index (χ2v) is 13.0. The van der Waals surface area contributed by atoms with Gasteiger partial charge >= 0.3 is 11.9 Å². The van der Waals surface area contributed by atoms with Gasteiger partial charge in [0.05, 0.1) is 37.9 Å². The fourth-order valence-corrected chi connectivity index (χ4v) is 6.49. The molecule has 2 heterocycles. The Kier molecular flexibility index (Phi) is 9.15. The van der Waals surface area contributed by atoms with Crippen molar-refractivity contribution < 1.29 is 38.4 Å². The third-order valence-electron chi connectivity index (χ3n) is 8.82. The van der Waals surface area contributed by atoms with Crippen LogP contribution >= 0.6 is 0 Å². The number of aryl methyl sites for hydroxylation is 2. The number of ether oxygens (including phenoxy) is 5. The lowest BCUT2D eigenvalue weighted by Crippen LogP contribution is -2.32. The minimum atomic E-state index is -0.991. The molecule has 51 heavy (non-hydrogen) atoms. The van der Waals surface area contributed by atoms with Crippen LogP contribution in [0.5, 0.6) is 23.0 Å². The van der Waals surface area contributed by atoms with Gasteiger partial charge in [-0.2, -0.15) is 0 Å². The van der Waals surface area contributed by atoms with Crippen LogP contribution in [0.4, 0.5) is 0 Å². The molecule has 2 unspecified atom stereocenters. The third kappa shape index (κ3) is 6.42. The van der Waals surface area contributed by atoms with E-state index in [2.05, 4.69) is 0 Å². The highest BCUT2D eigenvalue weighted by Gasteiger charge is 2.33. The van der Waals surface area contributed by atoms with Crippen LogP contribution in [-0.4, -0.2) is 65.1 Å². The van der Waals surface area contributed by atoms with Crippen LogP contribution < -0.4 is 14.2 Å². The number of carbonyl (C=O) groups is 2. The topological polar surface area (TPSA) is 101 Å². The average molecular weight is 678 g/mol. The summed E-state index contributed by atoms with van der Waals surface area (Å²) in [7, 11) is 16.5. The van der Waals surface area contributed by atoms with Crippen molar-refractivity contribution in [1.82, 2.24) is 0 Å². The quantitative estimate of drug-likeness (QED) is 0.152. The molecule has 0 fully saturated rings. The van der Waals surface area contributed by atoms with E-state index < -0.39 is 22.9 Å². The Morgan fingerprint density at radius 2 is 1.18 bits per heavy atom. The van der Waals surface area contributed by atoms with Gasteiger partial charge in [0.1, 0.15) is 44.3 Å². The number of methoxy groups -OCH3 is 3. The van der Waals surface area contributed by atoms with Gasteiger partial charge in [0.25, 0.3) is 0 Å². The van der Waals surface area contributed by atoms with Crippen molar-refractivity contribution in [1.29, 1.82) is 0 Å². The van der Waals surface area contributed by atoms with Crippen molar-refractivity contribution >= 4 is 61.3 Å². The molecule has 1 N–H and O–H groups in total. The summed E-state index contributed by atoms with van der Waals surface area (Å²) in [6, 6.07) is 18.7. The van der Waals surface area contributed by atoms with Gasteiger partial charge in [0.15, 0.2) is 0 Å². The van der Waals surface area contributed by atoms with Gasteiger partial charge in [-0.05, 0) is 45.2 Å². The Morgan fingerprint density at radius 1 is 0.686 bits per heavy atom. The van der Waals surface area contributed by atoms with Crippen LogP contribution in [-0.2, 0) is 9.47 Å². The van der Waals surface area contributed by atoms with E-state index >= 15 is 0 Å². The molecule has 0 aliphatic carbocycles. The van der Waals surface area contributed by atoms with Crippen molar-refractivity contribution in [3.63, 3.8) is 0 Å². The van der Waals surface area contributed by atoms with Crippen LogP contribution in [0, 0.1) is 13.8 Å². The molecule has 0 saturated carbocycles. The smallest absolute Gasteiger partial charge is 0.342 e. The van der Waals surface area contributed by atoms with Gasteiger partial charge in [0, 0.05) is 38.4 Å². The van der Waals surface area contributed by atoms with Crippen molar-refractivity contribution in [2.75, 3.05) is 21.3 Å². The van der Waals surface area contributed by atoms with Crippen molar-refractivity contribution in [3.8, 4) is 34.1 Å². The van der Waals surface area contributed by atoms with E-state index in [1.54, 1.807) is 56.4 Å². The summed E-state index contributed by atoms with van der Waals surface area (Å²) in [5.74, 6) is 0.667. The normalized spacial score (nSPS) is 18.4. The van der Waals surface area contributed by atoms with Crippen LogP contribution in [0.25, 0.3) is 44.8 Å². The standard InChI is InChI=1S/C23H19BO4.C18H17BO4/c1-13-8-9-14-17(12-13)19(15-6-4-5-7-18(15)25)20(22(26)27-3)16-10-11-23(2,24)28-21(14)16;1-10-5-6-11-13(9-10)16(21-3)14(17(20)22-4)12-7-8-18(2,19)23-15(11)12/h4-12,25H,1-3H3;5-9H,1-4H3. The zero-order valence-electron chi connectivity index (χ0n) is 29.5. The van der Waals surface area contributed by atoms with E-state index in [0.29, 0.717) is 50.6 Å². The second kappa shape index (κ2) is 13.2. The van der Waals surface area contributed by atoms with Gasteiger partial charge in [-0.25, -0.2) is 9.59 Å². The van der Waals surface area contributed by atoms with E-state index in [9.17, 15) is 14.7 Å². The molecule has 254 valence electrons. The zero-order valence-corrected chi connectivity index (χ0v) is 29.5. The SMILES string of the molecule is [B]C1(C)C=Cc2c(C(=O)OC)c(-c3ccccc3O)c3cc(C)ccc3c2O1.[B]C1(C)C=Cc2c(C(=O)OC)c(OC)c3cc(C)ccc3c2O1. The van der Waals surface area contributed by atoms with Gasteiger partial charge in [0.2, 0.25) is 0 Å². The highest BCUT2D eigenvalue weighted by molar-refractivity contribution is 6.19. The molecule has 0 saturated heterocycles. The predicted octanol–water partition coefficient (Wildman–Crippen LogP) is 7.83. The first-order valence-electron chi connectivity index (χ1n) is 16.2. The number of phenolic OH excluding ortho intramolecular Hbond substituents is 1. The van der Waals surface area contributed by atoms with Gasteiger partial charge < -0.3 is 28.8 Å². The van der Waals surface area contributed by atoms with Gasteiger partial charge in [-0.15, -0.1) is 0 Å². The molecule has 0 aromatic heterocycles. The first-order chi connectivity index (χ1) is 24.2. The second-order valence-electron chi connectivity index (χ2n) is 13.0. The van der Waals surface area contributed by atoms with Gasteiger partial charge in [-0.1, -0.05) is 84.0 Å². The monoisotopic (exact) mass is 678 g/mol. The van der Waals surface area contributed by atoms with Crippen molar-refractivity contribution in [2.24, 2.45) is 0 Å². The highest BCUT2D eigenvalue weighted by atomic mass is 16.5. The molecular formula is C41H36B2O8. The maximum atomic E-state index is 12.9. The lowest BCUT2D eigenvalue weighted by molar-refractivity contribution is 0.0589. The Morgan fingerprint density at radius 3 is 1.71 bits per heavy atom. The van der Waals surface area contributed by atoms with Crippen LogP contribution in [0.3, 0.4) is 0 Å². The molecule has 0 bridgehead atoms. The first kappa shape index (κ1) is 35.2. The number of carbonyl (C=O) groups excluding carboxylic acids is 2. The molecule has 8 nitrogen and oxygen atoms in total. The van der Waals surface area contributed by atoms with E-state index in [1.807, 2.05) is 56.3 Å². The molecular weight excluding hydrogens is 642 g/mol. The van der Waals surface area contributed by atoms with E-state index in [1.165, 1.54) is 21.3 Å². The number of para-hydroxylation sites is 1. The minimum Gasteiger partial charge on any atom is -0.507 e. The average Bonchev–Trinajstić information content (AvgIpc) is 3.09. The highest BCUT2D eigenvalue weighted by Crippen LogP contribution is 2.48. The summed E-state index contributed by atoms with van der Waals surface area (Å²) < 4.78 is 27.5. The van der Waals surface area contributed by atoms with E-state index in [0.717, 1.165) is 32.7 Å². The molecule has 5 aromatic rings. The molecule has 7 rings (SSSR count). The number of rotatable bonds is 4. The van der Waals surface area contributed by atoms with Crippen molar-refractivity contribution in [2.45, 2.75) is 38.7 Å². The fourth-order valence-electron chi connectivity index (χ4n) is 6.49. The maximum absolute atomic E-state index is 12.9. The summed E-state index contributed by atoms with van der Waals surface area (Å²) in [6.45, 7) is 7.46. The minimum absolute atomic E-state index is 0.0831. The van der Waals surface area contributed by atoms with Crippen LogP contribution in [0.15, 0.2) is 72.8 Å². The summed E-state index contributed by atoms with van der Waals surface area (Å²) >= 11 is 0. The van der Waals surface area contributed by atoms with Crippen molar-refractivity contribution in [3.05, 3.63) is 106 Å². The Balaban J connectivity index is 0.000000179. The summed E-state index contributed by atoms with van der Waals surface area (Å²) in [6.07, 6.45) is 6.98. The van der Waals surface area contributed by atoms with Crippen LogP contribution in [0.2, 0.25) is 0 Å². The first-order valence-corrected chi connectivity index (χ1v) is 16.2. The number of phenols is 1. The third-order valence-corrected chi connectivity index (χ3v) is 8.82. The molecule has 2 aliphatic rings. The molecule has 2 aliphatic heterocycles. The molecule has 2 atom stereocenters. The fraction of sp³-hybridized carbons (Fsp3) is 0.220. The Bertz CT molecular complexity index is 2300. The zero-order chi connectivity index (χ0) is 36.8. The summed E-state index contributed by atoms with van der Waals surface area (Å²) in [4.78, 5) is 25.2. The molecule has 0 spiro atoms. The predicted molar refractivity (Wildman–Crippen MR) is 201 cm³/mol. The van der Waals surface area contributed by atoms with E-state index in [-0.39, 0.29) is 5.75 Å². The molecule has 0 amide bonds. The Labute approximate surface area is 299 Å². The number of esters is 2. The number of benzene rings is 5. The molecule has 10 heteroatoms. The number of aromatic hydroxyl groups is 1. The van der Waals surface area contributed by atoms with Gasteiger partial charge in [-0.3, -0.25) is 0 Å².